The highest BCUT2D eigenvalue weighted by molar-refractivity contribution is 5.95. The largest absolute Gasteiger partial charge is 0.456 e. The molecule has 0 atom stereocenters. The molecule has 140 valence electrons. The van der Waals surface area contributed by atoms with E-state index in [2.05, 4.69) is 93.8 Å². The molecule has 0 radical (unpaired) electrons. The summed E-state index contributed by atoms with van der Waals surface area (Å²) in [6.45, 7) is 6.69. The van der Waals surface area contributed by atoms with Gasteiger partial charge in [-0.05, 0) is 40.3 Å². The van der Waals surface area contributed by atoms with Crippen molar-refractivity contribution >= 4 is 17.4 Å². The highest BCUT2D eigenvalue weighted by atomic mass is 16.5. The fourth-order valence-electron chi connectivity index (χ4n) is 3.35. The van der Waals surface area contributed by atoms with Gasteiger partial charge in [0.25, 0.3) is 0 Å². The Morgan fingerprint density at radius 2 is 1.54 bits per heavy atom. The van der Waals surface area contributed by atoms with Crippen LogP contribution in [-0.4, -0.2) is 0 Å². The number of allylic oxidation sites excluding steroid dienone is 2. The van der Waals surface area contributed by atoms with Crippen molar-refractivity contribution in [3.05, 3.63) is 101 Å². The van der Waals surface area contributed by atoms with E-state index < -0.39 is 0 Å². The van der Waals surface area contributed by atoms with Gasteiger partial charge in [0, 0.05) is 23.3 Å². The van der Waals surface area contributed by atoms with Crippen LogP contribution in [0.2, 0.25) is 0 Å². The molecule has 0 saturated carbocycles. The molecule has 0 N–H and O–H groups in total. The molecule has 0 amide bonds. The van der Waals surface area contributed by atoms with Crippen LogP contribution < -0.4 is 9.30 Å². The van der Waals surface area contributed by atoms with Gasteiger partial charge in [-0.2, -0.15) is 0 Å². The Balaban J connectivity index is 1.76. The number of benzene rings is 2. The van der Waals surface area contributed by atoms with Crippen molar-refractivity contribution in [3.8, 4) is 5.75 Å². The highest BCUT2D eigenvalue weighted by Crippen LogP contribution is 2.38. The summed E-state index contributed by atoms with van der Waals surface area (Å²) >= 11 is 0. The summed E-state index contributed by atoms with van der Waals surface area (Å²) in [5.74, 6) is 1.78. The predicted octanol–water partition coefficient (Wildman–Crippen LogP) is 5.78. The van der Waals surface area contributed by atoms with Crippen LogP contribution in [0.25, 0.3) is 17.4 Å². The molecule has 0 fully saturated rings. The zero-order valence-electron chi connectivity index (χ0n) is 16.9. The predicted molar refractivity (Wildman–Crippen MR) is 116 cm³/mol. The number of aromatic nitrogens is 1. The van der Waals surface area contributed by atoms with Gasteiger partial charge in [0.15, 0.2) is 12.4 Å². The molecular formula is C26H26NO+. The molecule has 2 nitrogen and oxygen atoms in total. The number of aryl methyl sites for hydroxylation is 1. The van der Waals surface area contributed by atoms with Crippen molar-refractivity contribution in [2.45, 2.75) is 26.2 Å². The summed E-state index contributed by atoms with van der Waals surface area (Å²) in [5, 5.41) is 0. The van der Waals surface area contributed by atoms with Gasteiger partial charge >= 0.3 is 0 Å². The van der Waals surface area contributed by atoms with E-state index in [1.165, 1.54) is 11.1 Å². The van der Waals surface area contributed by atoms with E-state index in [9.17, 15) is 0 Å². The minimum atomic E-state index is 0.140. The number of para-hydroxylation sites is 1. The zero-order chi connectivity index (χ0) is 19.7. The van der Waals surface area contributed by atoms with E-state index in [1.807, 2.05) is 23.7 Å². The topological polar surface area (TPSA) is 13.1 Å². The van der Waals surface area contributed by atoms with Crippen molar-refractivity contribution in [3.63, 3.8) is 0 Å². The maximum Gasteiger partial charge on any atom is 0.169 e. The Morgan fingerprint density at radius 3 is 2.21 bits per heavy atom. The number of pyridine rings is 1. The molecule has 0 spiro atoms. The Hall–Kier alpha value is -3.13. The van der Waals surface area contributed by atoms with Crippen LogP contribution in [0.15, 0.2) is 79.1 Å². The minimum absolute atomic E-state index is 0.140. The van der Waals surface area contributed by atoms with Gasteiger partial charge in [0.2, 0.25) is 0 Å². The van der Waals surface area contributed by atoms with Crippen LogP contribution in [0.3, 0.4) is 0 Å². The van der Waals surface area contributed by atoms with Crippen LogP contribution in [0.1, 0.15) is 43.0 Å². The lowest BCUT2D eigenvalue weighted by Gasteiger charge is -2.22. The third-order valence-electron chi connectivity index (χ3n) is 5.07. The van der Waals surface area contributed by atoms with E-state index in [-0.39, 0.29) is 5.41 Å². The van der Waals surface area contributed by atoms with Crippen molar-refractivity contribution in [2.24, 2.45) is 7.05 Å². The zero-order valence-corrected chi connectivity index (χ0v) is 16.9. The fraction of sp³-hybridized carbons (Fsp3) is 0.192. The van der Waals surface area contributed by atoms with E-state index in [0.29, 0.717) is 0 Å². The molecule has 0 saturated heterocycles. The smallest absolute Gasteiger partial charge is 0.169 e. The summed E-state index contributed by atoms with van der Waals surface area (Å²) in [7, 11) is 2.03. The molecule has 3 aromatic rings. The standard InChI is InChI=1S/C26H26NO/c1-26(2,3)22-11-9-20(10-12-22)25-18-21(17-19-13-15-27(4)16-14-19)23-7-5-6-8-24(23)28-25/h5-18H,1-4H3/q+1. The van der Waals surface area contributed by atoms with Crippen LogP contribution in [0, 0.1) is 0 Å². The molecule has 1 aromatic heterocycles. The number of nitrogens with zero attached hydrogens (tertiary/aromatic N) is 1. The summed E-state index contributed by atoms with van der Waals surface area (Å²) in [5.41, 5.74) is 6.00. The van der Waals surface area contributed by atoms with Gasteiger partial charge in [-0.1, -0.05) is 63.2 Å². The Morgan fingerprint density at radius 1 is 0.857 bits per heavy atom. The van der Waals surface area contributed by atoms with Crippen molar-refractivity contribution < 1.29 is 9.30 Å². The van der Waals surface area contributed by atoms with E-state index in [1.54, 1.807) is 0 Å². The van der Waals surface area contributed by atoms with Gasteiger partial charge in [-0.3, -0.25) is 0 Å². The number of fused-ring (bicyclic) bond motifs is 1. The maximum absolute atomic E-state index is 6.25. The van der Waals surface area contributed by atoms with E-state index in [0.717, 1.165) is 28.2 Å². The lowest BCUT2D eigenvalue weighted by molar-refractivity contribution is -0.671. The molecule has 28 heavy (non-hydrogen) atoms. The lowest BCUT2D eigenvalue weighted by Crippen LogP contribution is -2.25. The molecule has 0 bridgehead atoms. The summed E-state index contributed by atoms with van der Waals surface area (Å²) in [4.78, 5) is 0. The van der Waals surface area contributed by atoms with Gasteiger partial charge < -0.3 is 4.74 Å². The number of rotatable bonds is 2. The first-order valence-electron chi connectivity index (χ1n) is 9.67. The Kier molecular flexibility index (Phi) is 4.64. The Labute approximate surface area is 167 Å². The molecule has 2 heteroatoms. The third-order valence-corrected chi connectivity index (χ3v) is 5.07. The molecule has 0 unspecified atom stereocenters. The number of hydrogen-bond donors (Lipinski definition) is 0. The summed E-state index contributed by atoms with van der Waals surface area (Å²) in [6.07, 6.45) is 8.48. The first-order valence-corrected chi connectivity index (χ1v) is 9.67. The van der Waals surface area contributed by atoms with E-state index in [4.69, 9.17) is 4.74 Å². The average molecular weight is 369 g/mol. The molecule has 1 aliphatic heterocycles. The van der Waals surface area contributed by atoms with Crippen LogP contribution >= 0.6 is 0 Å². The second-order valence-electron chi connectivity index (χ2n) is 8.33. The second kappa shape index (κ2) is 7.12. The van der Waals surface area contributed by atoms with E-state index >= 15 is 0 Å². The fourth-order valence-corrected chi connectivity index (χ4v) is 3.35. The summed E-state index contributed by atoms with van der Waals surface area (Å²) < 4.78 is 8.29. The molecule has 4 rings (SSSR count). The average Bonchev–Trinajstić information content (AvgIpc) is 2.69. The molecule has 1 aliphatic rings. The monoisotopic (exact) mass is 368 g/mol. The first kappa shape index (κ1) is 18.2. The minimum Gasteiger partial charge on any atom is -0.456 e. The molecule has 2 heterocycles. The lowest BCUT2D eigenvalue weighted by atomic mass is 9.86. The SMILES string of the molecule is C[n+]1ccc(C=C2C=C(c3ccc(C(C)(C)C)cc3)Oc3ccccc32)cc1. The van der Waals surface area contributed by atoms with Gasteiger partial charge in [0.1, 0.15) is 18.6 Å². The van der Waals surface area contributed by atoms with Crippen molar-refractivity contribution in [1.82, 2.24) is 0 Å². The molecular weight excluding hydrogens is 342 g/mol. The van der Waals surface area contributed by atoms with Crippen molar-refractivity contribution in [2.75, 3.05) is 0 Å². The first-order chi connectivity index (χ1) is 13.4. The van der Waals surface area contributed by atoms with Crippen LogP contribution in [-0.2, 0) is 12.5 Å². The highest BCUT2D eigenvalue weighted by Gasteiger charge is 2.19. The molecule has 2 aromatic carbocycles. The number of ether oxygens (including phenoxy) is 1. The summed E-state index contributed by atoms with van der Waals surface area (Å²) in [6, 6.07) is 21.2. The normalized spacial score (nSPS) is 15.0. The van der Waals surface area contributed by atoms with Gasteiger partial charge in [0.05, 0.1) is 0 Å². The van der Waals surface area contributed by atoms with Crippen molar-refractivity contribution in [1.29, 1.82) is 0 Å². The quantitative estimate of drug-likeness (QED) is 0.522. The maximum atomic E-state index is 6.25. The second-order valence-corrected chi connectivity index (χ2v) is 8.33. The third kappa shape index (κ3) is 3.77. The van der Waals surface area contributed by atoms with Crippen LogP contribution in [0.4, 0.5) is 0 Å². The number of hydrogen-bond acceptors (Lipinski definition) is 1. The molecule has 0 aliphatic carbocycles. The van der Waals surface area contributed by atoms with Gasteiger partial charge in [-0.25, -0.2) is 4.57 Å². The van der Waals surface area contributed by atoms with Gasteiger partial charge in [-0.15, -0.1) is 0 Å². The Bertz CT molecular complexity index is 1050. The van der Waals surface area contributed by atoms with Crippen LogP contribution in [0.5, 0.6) is 5.75 Å².